The lowest BCUT2D eigenvalue weighted by atomic mass is 10.1. The zero-order valence-electron chi connectivity index (χ0n) is 17.3. The molecule has 5 rings (SSSR count). The van der Waals surface area contributed by atoms with Crippen molar-refractivity contribution in [3.05, 3.63) is 88.0 Å². The Kier molecular flexibility index (Phi) is 5.42. The highest BCUT2D eigenvalue weighted by Crippen LogP contribution is 2.20. The second kappa shape index (κ2) is 8.67. The van der Waals surface area contributed by atoms with E-state index in [1.54, 1.807) is 6.20 Å². The lowest BCUT2D eigenvalue weighted by Gasteiger charge is -2.28. The molecule has 0 aromatic carbocycles. The summed E-state index contributed by atoms with van der Waals surface area (Å²) >= 11 is 0. The van der Waals surface area contributed by atoms with Crippen molar-refractivity contribution in [1.29, 1.82) is 0 Å². The van der Waals surface area contributed by atoms with Gasteiger partial charge in [-0.15, -0.1) is 0 Å². The number of morpholine rings is 1. The Morgan fingerprint density at radius 2 is 1.84 bits per heavy atom. The maximum atomic E-state index is 11.1. The quantitative estimate of drug-likeness (QED) is 0.338. The topological polar surface area (TPSA) is 112 Å². The molecule has 5 heterocycles. The molecule has 0 atom stereocenters. The minimum absolute atomic E-state index is 0.00700. The van der Waals surface area contributed by atoms with E-state index in [0.29, 0.717) is 37.6 Å². The van der Waals surface area contributed by atoms with Gasteiger partial charge in [-0.25, -0.2) is 15.0 Å². The molecule has 32 heavy (non-hydrogen) atoms. The number of nitro groups is 1. The summed E-state index contributed by atoms with van der Waals surface area (Å²) in [4.78, 5) is 31.0. The average Bonchev–Trinajstić information content (AvgIpc) is 3.28. The van der Waals surface area contributed by atoms with Crippen LogP contribution in [0, 0.1) is 10.1 Å². The first-order valence-corrected chi connectivity index (χ1v) is 10.3. The highest BCUT2D eigenvalue weighted by Gasteiger charge is 2.17. The summed E-state index contributed by atoms with van der Waals surface area (Å²) in [5.74, 6) is 1.42. The van der Waals surface area contributed by atoms with Crippen molar-refractivity contribution in [2.75, 3.05) is 31.2 Å². The van der Waals surface area contributed by atoms with E-state index < -0.39 is 4.92 Å². The number of aromatic nitrogens is 5. The Hall–Kier alpha value is -3.92. The molecule has 0 N–H and O–H groups in total. The number of ether oxygens (including phenoxy) is 1. The number of anilines is 1. The first kappa shape index (κ1) is 20.0. The van der Waals surface area contributed by atoms with E-state index in [4.69, 9.17) is 14.7 Å². The maximum Gasteiger partial charge on any atom is 0.272 e. The van der Waals surface area contributed by atoms with Gasteiger partial charge in [-0.3, -0.25) is 15.1 Å². The number of rotatable bonds is 6. The molecule has 10 nitrogen and oxygen atoms in total. The summed E-state index contributed by atoms with van der Waals surface area (Å²) in [6, 6.07) is 8.94. The molecule has 1 aliphatic heterocycles. The van der Waals surface area contributed by atoms with Crippen LogP contribution in [-0.4, -0.2) is 55.6 Å². The lowest BCUT2D eigenvalue weighted by Crippen LogP contribution is -2.37. The minimum atomic E-state index is -0.423. The molecule has 0 spiro atoms. The van der Waals surface area contributed by atoms with Crippen LogP contribution in [0.3, 0.4) is 0 Å². The van der Waals surface area contributed by atoms with Crippen LogP contribution in [0.5, 0.6) is 0 Å². The molecule has 10 heteroatoms. The summed E-state index contributed by atoms with van der Waals surface area (Å²) in [7, 11) is 0. The van der Waals surface area contributed by atoms with Gasteiger partial charge in [0, 0.05) is 62.5 Å². The van der Waals surface area contributed by atoms with Crippen molar-refractivity contribution < 1.29 is 9.66 Å². The monoisotopic (exact) mass is 431 g/mol. The molecular formula is C22H21N7O3. The molecule has 0 amide bonds. The SMILES string of the molecule is O=[N+]([O-])c1ccnc(Cc2nc(Cc3ccn4ccnc4c3)cc(N3CCOCC3)n2)c1. The largest absolute Gasteiger partial charge is 0.378 e. The number of nitrogens with zero attached hydrogens (tertiary/aromatic N) is 7. The van der Waals surface area contributed by atoms with Crippen molar-refractivity contribution in [2.45, 2.75) is 12.8 Å². The van der Waals surface area contributed by atoms with Gasteiger partial charge in [0.2, 0.25) is 0 Å². The number of hydrogen-bond donors (Lipinski definition) is 0. The van der Waals surface area contributed by atoms with Gasteiger partial charge in [-0.1, -0.05) is 0 Å². The Labute approximate surface area is 183 Å². The second-order valence-corrected chi connectivity index (χ2v) is 7.58. The molecule has 0 unspecified atom stereocenters. The van der Waals surface area contributed by atoms with Gasteiger partial charge in [-0.05, 0) is 17.7 Å². The highest BCUT2D eigenvalue weighted by atomic mass is 16.6. The Balaban J connectivity index is 1.47. The van der Waals surface area contributed by atoms with E-state index in [1.807, 2.05) is 35.0 Å². The number of fused-ring (bicyclic) bond motifs is 1. The summed E-state index contributed by atoms with van der Waals surface area (Å²) in [6.45, 7) is 2.81. The van der Waals surface area contributed by atoms with Crippen molar-refractivity contribution >= 4 is 17.2 Å². The summed E-state index contributed by atoms with van der Waals surface area (Å²) in [5, 5.41) is 11.1. The van der Waals surface area contributed by atoms with Gasteiger partial charge in [0.1, 0.15) is 17.3 Å². The van der Waals surface area contributed by atoms with Gasteiger partial charge in [-0.2, -0.15) is 0 Å². The van der Waals surface area contributed by atoms with Crippen LogP contribution in [-0.2, 0) is 17.6 Å². The van der Waals surface area contributed by atoms with Crippen LogP contribution in [0.1, 0.15) is 22.8 Å². The highest BCUT2D eigenvalue weighted by molar-refractivity contribution is 5.45. The minimum Gasteiger partial charge on any atom is -0.378 e. The smallest absolute Gasteiger partial charge is 0.272 e. The second-order valence-electron chi connectivity index (χ2n) is 7.58. The van der Waals surface area contributed by atoms with Crippen molar-refractivity contribution in [1.82, 2.24) is 24.3 Å². The van der Waals surface area contributed by atoms with Gasteiger partial charge in [0.05, 0.1) is 35.9 Å². The molecule has 0 aliphatic carbocycles. The van der Waals surface area contributed by atoms with E-state index in [-0.39, 0.29) is 5.69 Å². The third-order valence-corrected chi connectivity index (χ3v) is 5.34. The molecule has 162 valence electrons. The summed E-state index contributed by atoms with van der Waals surface area (Å²) in [6.07, 6.45) is 8.04. The van der Waals surface area contributed by atoms with Crippen LogP contribution in [0.4, 0.5) is 11.5 Å². The predicted molar refractivity (Wildman–Crippen MR) is 117 cm³/mol. The fourth-order valence-electron chi connectivity index (χ4n) is 3.77. The first-order chi connectivity index (χ1) is 15.6. The van der Waals surface area contributed by atoms with E-state index >= 15 is 0 Å². The fourth-order valence-corrected chi connectivity index (χ4v) is 3.77. The summed E-state index contributed by atoms with van der Waals surface area (Å²) in [5.41, 5.74) is 3.41. The molecule has 4 aromatic rings. The van der Waals surface area contributed by atoms with Crippen molar-refractivity contribution in [2.24, 2.45) is 0 Å². The maximum absolute atomic E-state index is 11.1. The number of pyridine rings is 2. The zero-order valence-corrected chi connectivity index (χ0v) is 17.3. The van der Waals surface area contributed by atoms with Crippen LogP contribution >= 0.6 is 0 Å². The van der Waals surface area contributed by atoms with Crippen LogP contribution in [0.15, 0.2) is 55.1 Å². The Morgan fingerprint density at radius 3 is 2.69 bits per heavy atom. The van der Waals surface area contributed by atoms with Gasteiger partial charge in [0.25, 0.3) is 5.69 Å². The van der Waals surface area contributed by atoms with Crippen LogP contribution in [0.25, 0.3) is 5.65 Å². The molecule has 4 aromatic heterocycles. The molecular weight excluding hydrogens is 410 g/mol. The Bertz CT molecular complexity index is 1270. The third-order valence-electron chi connectivity index (χ3n) is 5.34. The summed E-state index contributed by atoms with van der Waals surface area (Å²) < 4.78 is 7.43. The van der Waals surface area contributed by atoms with Gasteiger partial charge >= 0.3 is 0 Å². The normalized spacial score (nSPS) is 14.1. The lowest BCUT2D eigenvalue weighted by molar-refractivity contribution is -0.385. The molecule has 0 bridgehead atoms. The van der Waals surface area contributed by atoms with Crippen molar-refractivity contribution in [3.8, 4) is 0 Å². The van der Waals surface area contributed by atoms with Gasteiger partial charge in [0.15, 0.2) is 0 Å². The van der Waals surface area contributed by atoms with Crippen LogP contribution < -0.4 is 4.90 Å². The van der Waals surface area contributed by atoms with E-state index in [2.05, 4.69) is 14.9 Å². The van der Waals surface area contributed by atoms with Gasteiger partial charge < -0.3 is 14.0 Å². The number of imidazole rings is 1. The van der Waals surface area contributed by atoms with E-state index in [1.165, 1.54) is 18.3 Å². The molecule has 1 saturated heterocycles. The standard InChI is InChI=1S/C22H21N7O3/c30-29(31)19-1-3-23-17(13-19)14-20-25-18(15-22(26-20)28-7-9-32-10-8-28)11-16-2-5-27-6-4-24-21(27)12-16/h1-6,12-13,15H,7-11,14H2. The molecule has 1 fully saturated rings. The first-order valence-electron chi connectivity index (χ1n) is 10.3. The molecule has 0 radical (unpaired) electrons. The molecule has 1 aliphatic rings. The molecule has 0 saturated carbocycles. The average molecular weight is 431 g/mol. The zero-order chi connectivity index (χ0) is 21.9. The Morgan fingerprint density at radius 1 is 0.969 bits per heavy atom. The fraction of sp³-hybridized carbons (Fsp3) is 0.273. The van der Waals surface area contributed by atoms with Crippen LogP contribution in [0.2, 0.25) is 0 Å². The third kappa shape index (κ3) is 4.40. The van der Waals surface area contributed by atoms with E-state index in [0.717, 1.165) is 35.8 Å². The number of hydrogen-bond acceptors (Lipinski definition) is 8. The van der Waals surface area contributed by atoms with E-state index in [9.17, 15) is 10.1 Å². The van der Waals surface area contributed by atoms with Crippen molar-refractivity contribution in [3.63, 3.8) is 0 Å². The predicted octanol–water partition coefficient (Wildman–Crippen LogP) is 2.45.